The third kappa shape index (κ3) is 4.15. The van der Waals surface area contributed by atoms with Crippen molar-refractivity contribution in [2.24, 2.45) is 0 Å². The van der Waals surface area contributed by atoms with Crippen molar-refractivity contribution in [1.29, 1.82) is 0 Å². The molecule has 0 aromatic heterocycles. The molecule has 0 aliphatic carbocycles. The van der Waals surface area contributed by atoms with Crippen molar-refractivity contribution in [3.63, 3.8) is 0 Å². The molecule has 150 valence electrons. The summed E-state index contributed by atoms with van der Waals surface area (Å²) >= 11 is 0. The molecule has 3 nitrogen and oxygen atoms in total. The third-order valence-corrected chi connectivity index (χ3v) is 5.53. The molecule has 28 heavy (non-hydrogen) atoms. The van der Waals surface area contributed by atoms with Crippen molar-refractivity contribution in [2.45, 2.75) is 47.6 Å². The molecule has 1 unspecified atom stereocenters. The molecule has 0 amide bonds. The van der Waals surface area contributed by atoms with E-state index in [0.29, 0.717) is 6.04 Å². The highest BCUT2D eigenvalue weighted by molar-refractivity contribution is 5.82. The first-order valence-electron chi connectivity index (χ1n) is 10.3. The summed E-state index contributed by atoms with van der Waals surface area (Å²) in [5, 5.41) is 0. The molecular weight excluding hydrogens is 342 g/mol. The van der Waals surface area contributed by atoms with Crippen LogP contribution in [-0.4, -0.2) is 55.7 Å². The van der Waals surface area contributed by atoms with Gasteiger partial charge in [0.25, 0.3) is 0 Å². The van der Waals surface area contributed by atoms with Crippen LogP contribution in [-0.2, 0) is 0 Å². The smallest absolute Gasteiger partial charge is 0.207 e. The van der Waals surface area contributed by atoms with Gasteiger partial charge in [-0.3, -0.25) is 0 Å². The standard InChI is InChI=1S/C25H36N3/c1-17-10-19(3)24(20(4)11-17)26-14-23(15-28(7,8)9)27(16-26)25-21(5)12-18(2)13-22(25)6/h10-13,23H,14-15H2,1-9H3/q+1. The summed E-state index contributed by atoms with van der Waals surface area (Å²) < 4.78 is 3.35. The van der Waals surface area contributed by atoms with Gasteiger partial charge >= 0.3 is 0 Å². The Morgan fingerprint density at radius 3 is 1.79 bits per heavy atom. The average molecular weight is 379 g/mol. The second-order valence-corrected chi connectivity index (χ2v) is 9.70. The van der Waals surface area contributed by atoms with Crippen molar-refractivity contribution in [2.75, 3.05) is 39.1 Å². The number of nitrogens with zero attached hydrogens (tertiary/aromatic N) is 3. The highest BCUT2D eigenvalue weighted by Gasteiger charge is 2.34. The van der Waals surface area contributed by atoms with Crippen LogP contribution in [0.2, 0.25) is 0 Å². The molecule has 1 aliphatic rings. The van der Waals surface area contributed by atoms with Gasteiger partial charge < -0.3 is 14.0 Å². The first kappa shape index (κ1) is 20.6. The lowest BCUT2D eigenvalue weighted by Crippen LogP contribution is -2.45. The van der Waals surface area contributed by atoms with Gasteiger partial charge in [-0.2, -0.15) is 0 Å². The minimum absolute atomic E-state index is 0.389. The van der Waals surface area contributed by atoms with Crippen molar-refractivity contribution in [3.8, 4) is 0 Å². The van der Waals surface area contributed by atoms with Crippen LogP contribution in [0.4, 0.5) is 11.4 Å². The molecule has 0 spiro atoms. The summed E-state index contributed by atoms with van der Waals surface area (Å²) in [6, 6.07) is 9.53. The molecule has 0 bridgehead atoms. The summed E-state index contributed by atoms with van der Waals surface area (Å²) in [4.78, 5) is 2.35. The van der Waals surface area contributed by atoms with Gasteiger partial charge in [0.1, 0.15) is 13.1 Å². The van der Waals surface area contributed by atoms with E-state index in [-0.39, 0.29) is 0 Å². The van der Waals surface area contributed by atoms with Gasteiger partial charge in [0.05, 0.1) is 21.1 Å². The number of benzene rings is 2. The summed E-state index contributed by atoms with van der Waals surface area (Å²) in [6.45, 7) is 15.3. The Labute approximate surface area is 171 Å². The van der Waals surface area contributed by atoms with E-state index in [9.17, 15) is 0 Å². The maximum Gasteiger partial charge on any atom is 0.207 e. The maximum atomic E-state index is 3.76. The van der Waals surface area contributed by atoms with E-state index in [1.807, 2.05) is 0 Å². The SMILES string of the molecule is Cc1cc(C)c(N2[C-]=[N+](c3c(C)cc(C)cc3C)C(C[N+](C)(C)C)C2)c(C)c1. The lowest BCUT2D eigenvalue weighted by molar-refractivity contribution is -0.880. The quantitative estimate of drug-likeness (QED) is 0.425. The van der Waals surface area contributed by atoms with Crippen molar-refractivity contribution >= 4 is 17.7 Å². The molecule has 0 fully saturated rings. The molecule has 0 radical (unpaired) electrons. The monoisotopic (exact) mass is 378 g/mol. The van der Waals surface area contributed by atoms with Crippen molar-refractivity contribution in [3.05, 3.63) is 57.6 Å². The molecular formula is C25H36N3+. The fourth-order valence-electron chi connectivity index (χ4n) is 4.84. The molecule has 0 saturated heterocycles. The van der Waals surface area contributed by atoms with E-state index in [1.165, 1.54) is 44.8 Å². The van der Waals surface area contributed by atoms with Gasteiger partial charge in [-0.25, -0.2) is 0 Å². The summed E-state index contributed by atoms with van der Waals surface area (Å²) in [7, 11) is 6.83. The van der Waals surface area contributed by atoms with Crippen LogP contribution in [0.25, 0.3) is 0 Å². The van der Waals surface area contributed by atoms with Crippen LogP contribution >= 0.6 is 0 Å². The summed E-state index contributed by atoms with van der Waals surface area (Å²) in [6.07, 6.45) is 3.76. The number of hydrogen-bond acceptors (Lipinski definition) is 1. The summed E-state index contributed by atoms with van der Waals surface area (Å²) in [5.41, 5.74) is 10.6. The molecule has 0 saturated carbocycles. The Hall–Kier alpha value is -2.13. The normalized spacial score (nSPS) is 17.2. The molecule has 0 N–H and O–H groups in total. The van der Waals surface area contributed by atoms with Crippen molar-refractivity contribution < 1.29 is 9.06 Å². The Balaban J connectivity index is 2.13. The van der Waals surface area contributed by atoms with E-state index >= 15 is 0 Å². The van der Waals surface area contributed by atoms with Crippen molar-refractivity contribution in [1.82, 2.24) is 0 Å². The summed E-state index contributed by atoms with van der Waals surface area (Å²) in [5.74, 6) is 0. The van der Waals surface area contributed by atoms with Gasteiger partial charge in [-0.1, -0.05) is 57.6 Å². The van der Waals surface area contributed by atoms with Crippen LogP contribution in [0.15, 0.2) is 24.3 Å². The van der Waals surface area contributed by atoms with Crippen LogP contribution in [0, 0.1) is 41.5 Å². The van der Waals surface area contributed by atoms with Gasteiger partial charge in [0.2, 0.25) is 6.34 Å². The molecule has 3 heteroatoms. The molecule has 2 aromatic carbocycles. The molecule has 1 aliphatic heterocycles. The number of likely N-dealkylation sites (N-methyl/N-ethyl adjacent to an activating group) is 1. The number of anilines is 1. The van der Waals surface area contributed by atoms with E-state index < -0.39 is 0 Å². The number of aryl methyl sites for hydroxylation is 6. The molecule has 2 aromatic rings. The predicted octanol–water partition coefficient (Wildman–Crippen LogP) is 4.68. The van der Waals surface area contributed by atoms with Gasteiger partial charge in [0, 0.05) is 11.4 Å². The highest BCUT2D eigenvalue weighted by atomic mass is 15.4. The van der Waals surface area contributed by atoms with Crippen LogP contribution in [0.5, 0.6) is 0 Å². The van der Waals surface area contributed by atoms with Gasteiger partial charge in [0.15, 0.2) is 6.04 Å². The van der Waals surface area contributed by atoms with E-state index in [2.05, 4.69) is 103 Å². The molecule has 1 atom stereocenters. The Morgan fingerprint density at radius 1 is 0.857 bits per heavy atom. The Kier molecular flexibility index (Phi) is 5.42. The zero-order chi connectivity index (χ0) is 20.8. The van der Waals surface area contributed by atoms with Crippen LogP contribution < -0.4 is 4.90 Å². The molecule has 1 heterocycles. The average Bonchev–Trinajstić information content (AvgIpc) is 2.86. The third-order valence-electron chi connectivity index (χ3n) is 5.53. The predicted molar refractivity (Wildman–Crippen MR) is 120 cm³/mol. The lowest BCUT2D eigenvalue weighted by atomic mass is 10.0. The first-order chi connectivity index (χ1) is 13.0. The minimum atomic E-state index is 0.389. The van der Waals surface area contributed by atoms with Gasteiger partial charge in [-0.05, 0) is 41.5 Å². The van der Waals surface area contributed by atoms with Gasteiger partial charge in [-0.15, -0.1) is 0 Å². The second kappa shape index (κ2) is 7.36. The topological polar surface area (TPSA) is 6.25 Å². The fourth-order valence-corrected chi connectivity index (χ4v) is 4.84. The highest BCUT2D eigenvalue weighted by Crippen LogP contribution is 2.32. The van der Waals surface area contributed by atoms with E-state index in [1.54, 1.807) is 0 Å². The zero-order valence-electron chi connectivity index (χ0n) is 19.1. The number of hydrogen-bond donors (Lipinski definition) is 0. The molecule has 3 rings (SSSR count). The lowest BCUT2D eigenvalue weighted by Gasteiger charge is -2.30. The van der Waals surface area contributed by atoms with E-state index in [0.717, 1.165) is 17.6 Å². The number of rotatable bonds is 4. The Morgan fingerprint density at radius 2 is 1.32 bits per heavy atom. The van der Waals surface area contributed by atoms with Crippen LogP contribution in [0.1, 0.15) is 33.4 Å². The fraction of sp³-hybridized carbons (Fsp3) is 0.480. The number of quaternary nitrogens is 1. The second-order valence-electron chi connectivity index (χ2n) is 9.70. The zero-order valence-corrected chi connectivity index (χ0v) is 19.1. The van der Waals surface area contributed by atoms with E-state index in [4.69, 9.17) is 0 Å². The largest absolute Gasteiger partial charge is 0.333 e. The maximum absolute atomic E-state index is 3.76. The first-order valence-corrected chi connectivity index (χ1v) is 10.3. The Bertz CT molecular complexity index is 885. The minimum Gasteiger partial charge on any atom is -0.333 e. The van der Waals surface area contributed by atoms with Crippen LogP contribution in [0.3, 0.4) is 0 Å².